The number of carbonyl (C=O) groups is 2. The number of benzene rings is 3. The van der Waals surface area contributed by atoms with Gasteiger partial charge in [0, 0.05) is 28.9 Å². The third-order valence-corrected chi connectivity index (χ3v) is 4.80. The molecule has 2 N–H and O–H groups in total. The van der Waals surface area contributed by atoms with Crippen molar-refractivity contribution in [1.82, 2.24) is 0 Å². The lowest BCUT2D eigenvalue weighted by atomic mass is 10.1. The molecule has 4 rings (SSSR count). The van der Waals surface area contributed by atoms with E-state index in [1.165, 1.54) is 14.0 Å². The summed E-state index contributed by atoms with van der Waals surface area (Å²) in [7, 11) is 1.51. The maximum atomic E-state index is 12.9. The van der Waals surface area contributed by atoms with Gasteiger partial charge in [-0.15, -0.1) is 0 Å². The van der Waals surface area contributed by atoms with Crippen LogP contribution in [0, 0.1) is 6.92 Å². The Hall–Kier alpha value is -3.80. The van der Waals surface area contributed by atoms with Gasteiger partial charge in [-0.3, -0.25) is 9.59 Å². The number of furan rings is 1. The highest BCUT2D eigenvalue weighted by Gasteiger charge is 2.19. The van der Waals surface area contributed by atoms with Gasteiger partial charge in [0.15, 0.2) is 5.76 Å². The van der Waals surface area contributed by atoms with E-state index >= 15 is 0 Å². The van der Waals surface area contributed by atoms with Crippen LogP contribution < -0.4 is 15.4 Å². The molecule has 3 aromatic carbocycles. The highest BCUT2D eigenvalue weighted by molar-refractivity contribution is 6.11. The molecule has 0 radical (unpaired) electrons. The van der Waals surface area contributed by atoms with Gasteiger partial charge in [-0.25, -0.2) is 0 Å². The minimum Gasteiger partial charge on any atom is -0.495 e. The van der Waals surface area contributed by atoms with E-state index in [0.717, 1.165) is 21.7 Å². The lowest BCUT2D eigenvalue weighted by Gasteiger charge is -2.11. The number of nitrogens with one attached hydrogen (secondary N) is 2. The Balaban J connectivity index is 1.70. The smallest absolute Gasteiger partial charge is 0.291 e. The average Bonchev–Trinajstić information content (AvgIpc) is 3.05. The minimum absolute atomic E-state index is 0.230. The van der Waals surface area contributed by atoms with Crippen molar-refractivity contribution in [2.45, 2.75) is 13.8 Å². The first-order chi connectivity index (χ1) is 14.0. The molecule has 1 heterocycles. The van der Waals surface area contributed by atoms with Crippen molar-refractivity contribution in [2.24, 2.45) is 0 Å². The monoisotopic (exact) mass is 388 g/mol. The van der Waals surface area contributed by atoms with Crippen molar-refractivity contribution in [3.8, 4) is 5.75 Å². The van der Waals surface area contributed by atoms with E-state index in [0.29, 0.717) is 22.7 Å². The Morgan fingerprint density at radius 2 is 1.76 bits per heavy atom. The van der Waals surface area contributed by atoms with Crippen LogP contribution >= 0.6 is 0 Å². The third-order valence-electron chi connectivity index (χ3n) is 4.80. The predicted molar refractivity (Wildman–Crippen MR) is 114 cm³/mol. The minimum atomic E-state index is -0.360. The summed E-state index contributed by atoms with van der Waals surface area (Å²) < 4.78 is 11.2. The van der Waals surface area contributed by atoms with E-state index < -0.39 is 0 Å². The molecule has 0 aliphatic rings. The molecule has 4 aromatic rings. The van der Waals surface area contributed by atoms with Gasteiger partial charge in [-0.05, 0) is 30.5 Å². The molecule has 2 amide bonds. The number of hydrogen-bond acceptors (Lipinski definition) is 4. The average molecular weight is 388 g/mol. The van der Waals surface area contributed by atoms with Gasteiger partial charge in [-0.1, -0.05) is 36.4 Å². The number of hydrogen-bond donors (Lipinski definition) is 2. The molecule has 6 nitrogen and oxygen atoms in total. The molecule has 0 bridgehead atoms. The first kappa shape index (κ1) is 18.6. The van der Waals surface area contributed by atoms with Crippen LogP contribution in [0.3, 0.4) is 0 Å². The summed E-state index contributed by atoms with van der Waals surface area (Å²) in [5.41, 5.74) is 2.47. The van der Waals surface area contributed by atoms with Crippen LogP contribution in [0.15, 0.2) is 59.0 Å². The Labute approximate surface area is 167 Å². The highest BCUT2D eigenvalue weighted by Crippen LogP contribution is 2.33. The molecule has 146 valence electrons. The van der Waals surface area contributed by atoms with Gasteiger partial charge in [0.25, 0.3) is 5.91 Å². The van der Waals surface area contributed by atoms with Gasteiger partial charge in [-0.2, -0.15) is 0 Å². The van der Waals surface area contributed by atoms with Crippen LogP contribution in [-0.2, 0) is 4.79 Å². The normalized spacial score (nSPS) is 10.9. The standard InChI is InChI=1S/C23H20N2O4/c1-13-17-10-8-15-6-4-5-7-18(15)22(17)29-21(13)23(27)25-16-9-11-20(28-3)19(12-16)24-14(2)26/h4-12H,1-3H3,(H,24,26)(H,25,27). The topological polar surface area (TPSA) is 80.6 Å². The number of aryl methyl sites for hydroxylation is 1. The maximum absolute atomic E-state index is 12.9. The molecule has 29 heavy (non-hydrogen) atoms. The molecule has 6 heteroatoms. The van der Waals surface area contributed by atoms with Crippen molar-refractivity contribution in [3.05, 3.63) is 65.9 Å². The fourth-order valence-electron chi connectivity index (χ4n) is 3.43. The number of rotatable bonds is 4. The van der Waals surface area contributed by atoms with E-state index in [9.17, 15) is 9.59 Å². The SMILES string of the molecule is COc1ccc(NC(=O)c2oc3c(ccc4ccccc43)c2C)cc1NC(C)=O. The number of anilines is 2. The van der Waals surface area contributed by atoms with Gasteiger partial charge < -0.3 is 19.8 Å². The maximum Gasteiger partial charge on any atom is 0.291 e. The van der Waals surface area contributed by atoms with Crippen LogP contribution in [0.1, 0.15) is 23.0 Å². The van der Waals surface area contributed by atoms with Gasteiger partial charge in [0.2, 0.25) is 5.91 Å². The van der Waals surface area contributed by atoms with E-state index in [2.05, 4.69) is 10.6 Å². The summed E-state index contributed by atoms with van der Waals surface area (Å²) >= 11 is 0. The second kappa shape index (κ2) is 7.31. The fourth-order valence-corrected chi connectivity index (χ4v) is 3.43. The lowest BCUT2D eigenvalue weighted by Crippen LogP contribution is -2.13. The second-order valence-electron chi connectivity index (χ2n) is 6.77. The van der Waals surface area contributed by atoms with Crippen LogP contribution in [0.25, 0.3) is 21.7 Å². The molecule has 0 aliphatic heterocycles. The summed E-state index contributed by atoms with van der Waals surface area (Å²) in [4.78, 5) is 24.3. The van der Waals surface area contributed by atoms with Gasteiger partial charge >= 0.3 is 0 Å². The lowest BCUT2D eigenvalue weighted by molar-refractivity contribution is -0.114. The molecule has 0 saturated carbocycles. The largest absolute Gasteiger partial charge is 0.495 e. The first-order valence-electron chi connectivity index (χ1n) is 9.15. The van der Waals surface area contributed by atoms with Crippen LogP contribution in [0.2, 0.25) is 0 Å². The molecule has 0 aliphatic carbocycles. The molecule has 1 aromatic heterocycles. The van der Waals surface area contributed by atoms with E-state index in [1.807, 2.05) is 43.3 Å². The molecular formula is C23H20N2O4. The summed E-state index contributed by atoms with van der Waals surface area (Å²) in [5, 5.41) is 8.44. The summed E-state index contributed by atoms with van der Waals surface area (Å²) in [6, 6.07) is 16.9. The third kappa shape index (κ3) is 3.40. The van der Waals surface area contributed by atoms with Crippen LogP contribution in [0.4, 0.5) is 11.4 Å². The highest BCUT2D eigenvalue weighted by atomic mass is 16.5. The Morgan fingerprint density at radius 3 is 2.52 bits per heavy atom. The Bertz CT molecular complexity index is 1260. The fraction of sp³-hybridized carbons (Fsp3) is 0.130. The molecule has 0 fully saturated rings. The zero-order valence-corrected chi connectivity index (χ0v) is 16.3. The molecule has 0 spiro atoms. The van der Waals surface area contributed by atoms with Crippen molar-refractivity contribution >= 4 is 44.9 Å². The van der Waals surface area contributed by atoms with E-state index in [1.54, 1.807) is 18.2 Å². The number of amides is 2. The van der Waals surface area contributed by atoms with Crippen LogP contribution in [0.5, 0.6) is 5.75 Å². The zero-order chi connectivity index (χ0) is 20.5. The van der Waals surface area contributed by atoms with Crippen molar-refractivity contribution < 1.29 is 18.7 Å². The van der Waals surface area contributed by atoms with Gasteiger partial charge in [0.05, 0.1) is 12.8 Å². The number of fused-ring (bicyclic) bond motifs is 3. The summed E-state index contributed by atoms with van der Waals surface area (Å²) in [5.74, 6) is 0.173. The molecular weight excluding hydrogens is 368 g/mol. The molecule has 0 unspecified atom stereocenters. The van der Waals surface area contributed by atoms with Crippen molar-refractivity contribution in [2.75, 3.05) is 17.7 Å². The summed E-state index contributed by atoms with van der Waals surface area (Å²) in [6.45, 7) is 3.28. The Kier molecular flexibility index (Phi) is 4.68. The molecule has 0 saturated heterocycles. The zero-order valence-electron chi connectivity index (χ0n) is 16.3. The quantitative estimate of drug-likeness (QED) is 0.509. The van der Waals surface area contributed by atoms with Crippen molar-refractivity contribution in [1.29, 1.82) is 0 Å². The van der Waals surface area contributed by atoms with Crippen molar-refractivity contribution in [3.63, 3.8) is 0 Å². The van der Waals surface area contributed by atoms with E-state index in [4.69, 9.17) is 9.15 Å². The number of ether oxygens (including phenoxy) is 1. The first-order valence-corrected chi connectivity index (χ1v) is 9.15. The molecule has 0 atom stereocenters. The Morgan fingerprint density at radius 1 is 0.966 bits per heavy atom. The van der Waals surface area contributed by atoms with Crippen LogP contribution in [-0.4, -0.2) is 18.9 Å². The van der Waals surface area contributed by atoms with E-state index in [-0.39, 0.29) is 17.6 Å². The second-order valence-corrected chi connectivity index (χ2v) is 6.77. The number of methoxy groups -OCH3 is 1. The van der Waals surface area contributed by atoms with Gasteiger partial charge in [0.1, 0.15) is 11.3 Å². The number of carbonyl (C=O) groups excluding carboxylic acids is 2. The summed E-state index contributed by atoms with van der Waals surface area (Å²) in [6.07, 6.45) is 0. The predicted octanol–water partition coefficient (Wildman–Crippen LogP) is 5.11.